The maximum atomic E-state index is 12.4. The van der Waals surface area contributed by atoms with Crippen molar-refractivity contribution >= 4 is 37.3 Å². The summed E-state index contributed by atoms with van der Waals surface area (Å²) in [5, 5.41) is 9.10. The van der Waals surface area contributed by atoms with E-state index in [1.807, 2.05) is 0 Å². The van der Waals surface area contributed by atoms with E-state index in [1.165, 1.54) is 17.4 Å². The molecule has 116 valence electrons. The molecule has 0 aromatic carbocycles. The lowest BCUT2D eigenvalue weighted by Gasteiger charge is -2.17. The van der Waals surface area contributed by atoms with Gasteiger partial charge in [-0.05, 0) is 34.8 Å². The highest BCUT2D eigenvalue weighted by Crippen LogP contribution is 2.32. The van der Waals surface area contributed by atoms with E-state index >= 15 is 0 Å². The van der Waals surface area contributed by atoms with Crippen LogP contribution in [0.5, 0.6) is 0 Å². The van der Waals surface area contributed by atoms with Crippen molar-refractivity contribution in [2.45, 2.75) is 63.5 Å². The molecule has 20 heavy (non-hydrogen) atoms. The number of nitrogens with one attached hydrogen (secondary N) is 1. The van der Waals surface area contributed by atoms with Crippen LogP contribution in [0.1, 0.15) is 50.8 Å². The van der Waals surface area contributed by atoms with Crippen molar-refractivity contribution in [1.82, 2.24) is 4.72 Å². The van der Waals surface area contributed by atoms with Gasteiger partial charge in [0, 0.05) is 10.9 Å². The van der Waals surface area contributed by atoms with Gasteiger partial charge in [-0.25, -0.2) is 13.1 Å². The monoisotopic (exact) mass is 383 g/mol. The molecule has 0 amide bonds. The SMILES string of the molecule is CCCCC(CCC)NS(=O)(=O)c1cc(CO)sc1Br. The van der Waals surface area contributed by atoms with Crippen LogP contribution in [0, 0.1) is 0 Å². The minimum atomic E-state index is -3.53. The maximum absolute atomic E-state index is 12.4. The Labute approximate surface area is 133 Å². The van der Waals surface area contributed by atoms with Crippen LogP contribution >= 0.6 is 27.3 Å². The van der Waals surface area contributed by atoms with Gasteiger partial charge >= 0.3 is 0 Å². The van der Waals surface area contributed by atoms with Gasteiger partial charge in [-0.3, -0.25) is 0 Å². The number of unbranched alkanes of at least 4 members (excludes halogenated alkanes) is 1. The van der Waals surface area contributed by atoms with Crippen LogP contribution in [0.3, 0.4) is 0 Å². The number of aliphatic hydroxyl groups is 1. The van der Waals surface area contributed by atoms with Crippen molar-refractivity contribution in [1.29, 1.82) is 0 Å². The van der Waals surface area contributed by atoms with Crippen LogP contribution in [0.2, 0.25) is 0 Å². The number of halogens is 1. The molecule has 4 nitrogen and oxygen atoms in total. The van der Waals surface area contributed by atoms with Crippen molar-refractivity contribution in [2.24, 2.45) is 0 Å². The van der Waals surface area contributed by atoms with Crippen LogP contribution in [0.4, 0.5) is 0 Å². The Balaban J connectivity index is 2.87. The molecular weight excluding hydrogens is 362 g/mol. The van der Waals surface area contributed by atoms with E-state index in [0.717, 1.165) is 32.1 Å². The Hall–Kier alpha value is 0.0500. The molecule has 0 bridgehead atoms. The summed E-state index contributed by atoms with van der Waals surface area (Å²) in [5.41, 5.74) is 0. The predicted molar refractivity (Wildman–Crippen MR) is 86.5 cm³/mol. The summed E-state index contributed by atoms with van der Waals surface area (Å²) in [6.45, 7) is 4.01. The van der Waals surface area contributed by atoms with Gasteiger partial charge in [0.1, 0.15) is 4.90 Å². The number of rotatable bonds is 9. The van der Waals surface area contributed by atoms with Crippen molar-refractivity contribution in [3.63, 3.8) is 0 Å². The highest BCUT2D eigenvalue weighted by Gasteiger charge is 2.23. The highest BCUT2D eigenvalue weighted by atomic mass is 79.9. The molecule has 0 radical (unpaired) electrons. The molecule has 0 fully saturated rings. The van der Waals surface area contributed by atoms with Gasteiger partial charge in [-0.2, -0.15) is 0 Å². The molecule has 2 N–H and O–H groups in total. The van der Waals surface area contributed by atoms with Crippen molar-refractivity contribution in [3.8, 4) is 0 Å². The van der Waals surface area contributed by atoms with E-state index in [2.05, 4.69) is 34.5 Å². The third-order valence-electron chi connectivity index (χ3n) is 3.02. The lowest BCUT2D eigenvalue weighted by molar-refractivity contribution is 0.285. The molecule has 1 atom stereocenters. The molecule has 0 spiro atoms. The molecule has 1 aromatic rings. The summed E-state index contributed by atoms with van der Waals surface area (Å²) in [4.78, 5) is 0.863. The zero-order valence-electron chi connectivity index (χ0n) is 11.9. The maximum Gasteiger partial charge on any atom is 0.242 e. The van der Waals surface area contributed by atoms with Crippen LogP contribution in [0.15, 0.2) is 14.7 Å². The second-order valence-electron chi connectivity index (χ2n) is 4.76. The summed E-state index contributed by atoms with van der Waals surface area (Å²) >= 11 is 4.51. The Morgan fingerprint density at radius 1 is 1.35 bits per heavy atom. The van der Waals surface area contributed by atoms with Gasteiger partial charge in [-0.1, -0.05) is 33.1 Å². The first-order chi connectivity index (χ1) is 9.44. The number of aliphatic hydroxyl groups excluding tert-OH is 1. The fourth-order valence-electron chi connectivity index (χ4n) is 2.00. The van der Waals surface area contributed by atoms with Gasteiger partial charge in [0.05, 0.1) is 10.4 Å². The Morgan fingerprint density at radius 2 is 2.05 bits per heavy atom. The molecule has 1 unspecified atom stereocenters. The molecule has 1 aromatic heterocycles. The molecule has 0 aliphatic rings. The summed E-state index contributed by atoms with van der Waals surface area (Å²) in [5.74, 6) is 0. The quantitative estimate of drug-likeness (QED) is 0.683. The average Bonchev–Trinajstić information content (AvgIpc) is 2.78. The first-order valence-electron chi connectivity index (χ1n) is 6.86. The minimum Gasteiger partial charge on any atom is -0.391 e. The van der Waals surface area contributed by atoms with E-state index in [-0.39, 0.29) is 17.5 Å². The van der Waals surface area contributed by atoms with E-state index in [9.17, 15) is 8.42 Å². The molecule has 1 heterocycles. The van der Waals surface area contributed by atoms with Crippen LogP contribution in [-0.2, 0) is 16.6 Å². The van der Waals surface area contributed by atoms with Crippen LogP contribution < -0.4 is 4.72 Å². The van der Waals surface area contributed by atoms with Gasteiger partial charge < -0.3 is 5.11 Å². The third kappa shape index (κ3) is 5.11. The van der Waals surface area contributed by atoms with Crippen molar-refractivity contribution in [2.75, 3.05) is 0 Å². The molecule has 7 heteroatoms. The summed E-state index contributed by atoms with van der Waals surface area (Å²) in [7, 11) is -3.53. The largest absolute Gasteiger partial charge is 0.391 e. The lowest BCUT2D eigenvalue weighted by atomic mass is 10.1. The number of sulfonamides is 1. The summed E-state index contributed by atoms with van der Waals surface area (Å²) < 4.78 is 28.2. The standard InChI is InChI=1S/C13H22BrNO3S2/c1-3-5-7-10(6-4-2)15-20(17,18)12-8-11(9-16)19-13(12)14/h8,10,15-16H,3-7,9H2,1-2H3. The molecule has 1 rings (SSSR count). The smallest absolute Gasteiger partial charge is 0.242 e. The highest BCUT2D eigenvalue weighted by molar-refractivity contribution is 9.11. The van der Waals surface area contributed by atoms with Crippen LogP contribution in [-0.4, -0.2) is 19.6 Å². The Morgan fingerprint density at radius 3 is 2.55 bits per heavy atom. The zero-order chi connectivity index (χ0) is 15.2. The van der Waals surface area contributed by atoms with Crippen LogP contribution in [0.25, 0.3) is 0 Å². The second-order valence-corrected chi connectivity index (χ2v) is 8.89. The average molecular weight is 384 g/mol. The van der Waals surface area contributed by atoms with Crippen molar-refractivity contribution in [3.05, 3.63) is 14.7 Å². The molecule has 0 aliphatic carbocycles. The molecule has 0 aliphatic heterocycles. The molecule has 0 saturated heterocycles. The summed E-state index contributed by atoms with van der Waals surface area (Å²) in [6.07, 6.45) is 4.72. The normalized spacial score (nSPS) is 13.6. The Kier molecular flexibility index (Phi) is 7.68. The Bertz CT molecular complexity index is 514. The van der Waals surface area contributed by atoms with E-state index in [0.29, 0.717) is 8.66 Å². The number of hydrogen-bond donors (Lipinski definition) is 2. The third-order valence-corrected chi connectivity index (χ3v) is 6.77. The summed E-state index contributed by atoms with van der Waals surface area (Å²) in [6, 6.07) is 1.51. The van der Waals surface area contributed by atoms with Gasteiger partial charge in [-0.15, -0.1) is 11.3 Å². The predicted octanol–water partition coefficient (Wildman–Crippen LogP) is 3.64. The van der Waals surface area contributed by atoms with E-state index in [4.69, 9.17) is 5.11 Å². The van der Waals surface area contributed by atoms with Crippen molar-refractivity contribution < 1.29 is 13.5 Å². The van der Waals surface area contributed by atoms with Gasteiger partial charge in [0.15, 0.2) is 0 Å². The van der Waals surface area contributed by atoms with E-state index in [1.54, 1.807) is 0 Å². The first-order valence-corrected chi connectivity index (χ1v) is 9.95. The zero-order valence-corrected chi connectivity index (χ0v) is 15.1. The fourth-order valence-corrected chi connectivity index (χ4v) is 5.85. The number of thiophene rings is 1. The fraction of sp³-hybridized carbons (Fsp3) is 0.692. The second kappa shape index (κ2) is 8.48. The molecule has 0 saturated carbocycles. The number of hydrogen-bond acceptors (Lipinski definition) is 4. The lowest BCUT2D eigenvalue weighted by Crippen LogP contribution is -2.34. The van der Waals surface area contributed by atoms with Gasteiger partial charge in [0.2, 0.25) is 10.0 Å². The van der Waals surface area contributed by atoms with Gasteiger partial charge in [0.25, 0.3) is 0 Å². The minimum absolute atomic E-state index is 0.0191. The van der Waals surface area contributed by atoms with E-state index < -0.39 is 10.0 Å². The molecular formula is C13H22BrNO3S2. The first kappa shape index (κ1) is 18.1. The topological polar surface area (TPSA) is 66.4 Å².